The number of anilines is 1. The summed E-state index contributed by atoms with van der Waals surface area (Å²) in [5.74, 6) is 1.63. The predicted octanol–water partition coefficient (Wildman–Crippen LogP) is 4.92. The number of hydrogen-bond acceptors (Lipinski definition) is 4. The summed E-state index contributed by atoms with van der Waals surface area (Å²) in [4.78, 5) is 19.7. The minimum atomic E-state index is -0.725. The van der Waals surface area contributed by atoms with Crippen molar-refractivity contribution in [3.05, 3.63) is 89.2 Å². The smallest absolute Gasteiger partial charge is 0.227 e. The Morgan fingerprint density at radius 1 is 1.00 bits per heavy atom. The van der Waals surface area contributed by atoms with Gasteiger partial charge in [0.1, 0.15) is 24.3 Å². The lowest BCUT2D eigenvalue weighted by Crippen LogP contribution is -2.26. The standard InChI is InChI=1S/C29H31N3O3/c1-19-8-10-23(11-9-19)31-16-22(15-28(31)34)29-30-26-6-4-5-7-27(26)32(29)17-24(33)18-35-25-13-20(2)12-21(3)14-25/h4-14,22,24,33H,15-18H2,1-3H3/t22-,24-/m1/s1. The average molecular weight is 470 g/mol. The second kappa shape index (κ2) is 9.55. The van der Waals surface area contributed by atoms with Crippen LogP contribution in [0.3, 0.4) is 0 Å². The van der Waals surface area contributed by atoms with E-state index in [1.807, 2.05) is 86.3 Å². The third-order valence-electron chi connectivity index (χ3n) is 6.55. The highest BCUT2D eigenvalue weighted by Gasteiger charge is 2.35. The fraction of sp³-hybridized carbons (Fsp3) is 0.310. The molecule has 0 bridgehead atoms. The van der Waals surface area contributed by atoms with E-state index in [1.54, 1.807) is 0 Å². The Balaban J connectivity index is 1.37. The van der Waals surface area contributed by atoms with Crippen molar-refractivity contribution in [2.45, 2.75) is 45.8 Å². The summed E-state index contributed by atoms with van der Waals surface area (Å²) in [5.41, 5.74) is 6.14. The number of para-hydroxylation sites is 2. The van der Waals surface area contributed by atoms with Crippen molar-refractivity contribution < 1.29 is 14.6 Å². The van der Waals surface area contributed by atoms with E-state index in [0.717, 1.165) is 45.0 Å². The predicted molar refractivity (Wildman–Crippen MR) is 138 cm³/mol. The molecule has 0 aliphatic carbocycles. The quantitative estimate of drug-likeness (QED) is 0.417. The molecule has 2 heterocycles. The zero-order valence-corrected chi connectivity index (χ0v) is 20.4. The number of benzene rings is 3. The highest BCUT2D eigenvalue weighted by atomic mass is 16.5. The maximum atomic E-state index is 12.9. The molecule has 35 heavy (non-hydrogen) atoms. The topological polar surface area (TPSA) is 67.6 Å². The Hall–Kier alpha value is -3.64. The molecule has 1 fully saturated rings. The van der Waals surface area contributed by atoms with Crippen LogP contribution in [0.25, 0.3) is 11.0 Å². The molecule has 1 aliphatic rings. The van der Waals surface area contributed by atoms with Gasteiger partial charge in [-0.05, 0) is 68.3 Å². The first kappa shape index (κ1) is 23.1. The van der Waals surface area contributed by atoms with Gasteiger partial charge in [-0.1, -0.05) is 35.9 Å². The summed E-state index contributed by atoms with van der Waals surface area (Å²) in [7, 11) is 0. The molecule has 0 spiro atoms. The molecule has 0 saturated carbocycles. The molecule has 1 amide bonds. The Morgan fingerprint density at radius 2 is 1.71 bits per heavy atom. The normalized spacial score (nSPS) is 16.7. The summed E-state index contributed by atoms with van der Waals surface area (Å²) >= 11 is 0. The number of hydrogen-bond donors (Lipinski definition) is 1. The van der Waals surface area contributed by atoms with Crippen LogP contribution < -0.4 is 9.64 Å². The van der Waals surface area contributed by atoms with Crippen LogP contribution in [-0.2, 0) is 11.3 Å². The molecule has 1 N–H and O–H groups in total. The number of ether oxygens (including phenoxy) is 1. The monoisotopic (exact) mass is 469 g/mol. The minimum absolute atomic E-state index is 0.0521. The SMILES string of the molecule is Cc1ccc(N2C[C@H](c3nc4ccccc4n3C[C@@H](O)COc3cc(C)cc(C)c3)CC2=O)cc1. The molecule has 6 nitrogen and oxygen atoms in total. The number of imidazole rings is 1. The number of aliphatic hydroxyl groups excluding tert-OH is 1. The summed E-state index contributed by atoms with van der Waals surface area (Å²) in [6.07, 6.45) is -0.329. The number of aromatic nitrogens is 2. The fourth-order valence-corrected chi connectivity index (χ4v) is 4.92. The van der Waals surface area contributed by atoms with E-state index in [2.05, 4.69) is 10.6 Å². The first-order valence-corrected chi connectivity index (χ1v) is 12.1. The highest BCUT2D eigenvalue weighted by molar-refractivity contribution is 5.96. The molecule has 1 saturated heterocycles. The summed E-state index contributed by atoms with van der Waals surface area (Å²) in [6, 6.07) is 22.0. The molecule has 0 radical (unpaired) electrons. The summed E-state index contributed by atoms with van der Waals surface area (Å²) in [5, 5.41) is 10.9. The van der Waals surface area contributed by atoms with Crippen molar-refractivity contribution >= 4 is 22.6 Å². The van der Waals surface area contributed by atoms with Crippen molar-refractivity contribution in [1.82, 2.24) is 9.55 Å². The van der Waals surface area contributed by atoms with E-state index < -0.39 is 6.10 Å². The van der Waals surface area contributed by atoms with Crippen molar-refractivity contribution in [2.75, 3.05) is 18.1 Å². The van der Waals surface area contributed by atoms with Crippen LogP contribution in [-0.4, -0.2) is 39.8 Å². The largest absolute Gasteiger partial charge is 0.491 e. The first-order chi connectivity index (χ1) is 16.9. The highest BCUT2D eigenvalue weighted by Crippen LogP contribution is 2.33. The van der Waals surface area contributed by atoms with E-state index in [0.29, 0.717) is 19.5 Å². The third kappa shape index (κ3) is 4.93. The van der Waals surface area contributed by atoms with Crippen molar-refractivity contribution in [3.63, 3.8) is 0 Å². The average Bonchev–Trinajstić information content (AvgIpc) is 3.38. The summed E-state index contributed by atoms with van der Waals surface area (Å²) in [6.45, 7) is 7.19. The van der Waals surface area contributed by atoms with E-state index in [1.165, 1.54) is 0 Å². The number of nitrogens with zero attached hydrogens (tertiary/aromatic N) is 3. The van der Waals surface area contributed by atoms with Gasteiger partial charge in [-0.25, -0.2) is 4.98 Å². The first-order valence-electron chi connectivity index (χ1n) is 12.1. The molecule has 3 aromatic carbocycles. The number of aliphatic hydroxyl groups is 1. The van der Waals surface area contributed by atoms with Gasteiger partial charge in [-0.2, -0.15) is 0 Å². The van der Waals surface area contributed by atoms with Crippen LogP contribution in [0.4, 0.5) is 5.69 Å². The molecule has 1 aliphatic heterocycles. The number of amides is 1. The molecule has 6 heteroatoms. The molecule has 180 valence electrons. The second-order valence-electron chi connectivity index (χ2n) is 9.60. The lowest BCUT2D eigenvalue weighted by Gasteiger charge is -2.19. The molecule has 4 aromatic rings. The van der Waals surface area contributed by atoms with Crippen molar-refractivity contribution in [3.8, 4) is 5.75 Å². The minimum Gasteiger partial charge on any atom is -0.491 e. The Morgan fingerprint density at radius 3 is 2.46 bits per heavy atom. The Labute approximate surface area is 205 Å². The van der Waals surface area contributed by atoms with Gasteiger partial charge < -0.3 is 19.3 Å². The fourth-order valence-electron chi connectivity index (χ4n) is 4.92. The number of rotatable bonds is 7. The number of carbonyl (C=O) groups excluding carboxylic acids is 1. The lowest BCUT2D eigenvalue weighted by molar-refractivity contribution is -0.117. The van der Waals surface area contributed by atoms with Gasteiger partial charge in [0.15, 0.2) is 0 Å². The molecule has 2 atom stereocenters. The molecule has 1 aromatic heterocycles. The van der Waals surface area contributed by atoms with E-state index >= 15 is 0 Å². The summed E-state index contributed by atoms with van der Waals surface area (Å²) < 4.78 is 7.97. The van der Waals surface area contributed by atoms with Gasteiger partial charge in [-0.15, -0.1) is 0 Å². The van der Waals surface area contributed by atoms with Gasteiger partial charge in [0.25, 0.3) is 0 Å². The number of aryl methyl sites for hydroxylation is 3. The Bertz CT molecular complexity index is 1340. The molecular formula is C29H31N3O3. The van der Waals surface area contributed by atoms with Crippen molar-refractivity contribution in [2.24, 2.45) is 0 Å². The van der Waals surface area contributed by atoms with Crippen LogP contribution >= 0.6 is 0 Å². The van der Waals surface area contributed by atoms with Crippen LogP contribution in [0, 0.1) is 20.8 Å². The zero-order chi connectivity index (χ0) is 24.5. The zero-order valence-electron chi connectivity index (χ0n) is 20.4. The molecular weight excluding hydrogens is 438 g/mol. The van der Waals surface area contributed by atoms with E-state index in [4.69, 9.17) is 9.72 Å². The van der Waals surface area contributed by atoms with Crippen LogP contribution in [0.1, 0.15) is 34.9 Å². The van der Waals surface area contributed by atoms with Crippen LogP contribution in [0.2, 0.25) is 0 Å². The second-order valence-corrected chi connectivity index (χ2v) is 9.60. The van der Waals surface area contributed by atoms with Crippen LogP contribution in [0.15, 0.2) is 66.7 Å². The van der Waals surface area contributed by atoms with E-state index in [9.17, 15) is 9.90 Å². The van der Waals surface area contributed by atoms with Gasteiger partial charge >= 0.3 is 0 Å². The van der Waals surface area contributed by atoms with Crippen molar-refractivity contribution in [1.29, 1.82) is 0 Å². The van der Waals surface area contributed by atoms with Gasteiger partial charge in [0, 0.05) is 24.6 Å². The van der Waals surface area contributed by atoms with E-state index in [-0.39, 0.29) is 18.4 Å². The van der Waals surface area contributed by atoms with Crippen LogP contribution in [0.5, 0.6) is 5.75 Å². The van der Waals surface area contributed by atoms with Gasteiger partial charge in [-0.3, -0.25) is 4.79 Å². The maximum Gasteiger partial charge on any atom is 0.227 e. The Kier molecular flexibility index (Phi) is 6.31. The lowest BCUT2D eigenvalue weighted by atomic mass is 10.1. The molecule has 5 rings (SSSR count). The number of carbonyl (C=O) groups is 1. The number of fused-ring (bicyclic) bond motifs is 1. The maximum absolute atomic E-state index is 12.9. The van der Waals surface area contributed by atoms with Gasteiger partial charge in [0.2, 0.25) is 5.91 Å². The third-order valence-corrected chi connectivity index (χ3v) is 6.55. The molecule has 0 unspecified atom stereocenters. The van der Waals surface area contributed by atoms with Gasteiger partial charge in [0.05, 0.1) is 17.6 Å².